The van der Waals surface area contributed by atoms with Gasteiger partial charge in [0, 0.05) is 32.6 Å². The molecule has 0 saturated heterocycles. The number of nitrogens with zero attached hydrogens (tertiary/aromatic N) is 1. The summed E-state index contributed by atoms with van der Waals surface area (Å²) in [4.78, 5) is 13.7. The third-order valence-corrected chi connectivity index (χ3v) is 3.37. The Morgan fingerprint density at radius 3 is 2.55 bits per heavy atom. The summed E-state index contributed by atoms with van der Waals surface area (Å²) in [5.41, 5.74) is 1.38. The molecule has 1 rings (SSSR count). The third-order valence-electron chi connectivity index (χ3n) is 3.37. The number of rotatable bonds is 9. The summed E-state index contributed by atoms with van der Waals surface area (Å²) in [6.45, 7) is 5.81. The zero-order valence-electron chi connectivity index (χ0n) is 13.1. The lowest BCUT2D eigenvalue weighted by Crippen LogP contribution is -2.32. The van der Waals surface area contributed by atoms with Gasteiger partial charge in [-0.25, -0.2) is 0 Å². The highest BCUT2D eigenvalue weighted by Gasteiger charge is 2.07. The minimum Gasteiger partial charge on any atom is -0.346 e. The highest BCUT2D eigenvalue weighted by atomic mass is 16.2. The lowest BCUT2D eigenvalue weighted by atomic mass is 10.1. The smallest absolute Gasteiger partial charge is 0.223 e. The van der Waals surface area contributed by atoms with Crippen molar-refractivity contribution in [3.8, 4) is 0 Å². The molecule has 0 fully saturated rings. The van der Waals surface area contributed by atoms with Gasteiger partial charge < -0.3 is 10.2 Å². The topological polar surface area (TPSA) is 32.3 Å². The number of aryl methyl sites for hydroxylation is 1. The van der Waals surface area contributed by atoms with E-state index in [9.17, 15) is 4.79 Å². The second-order valence-corrected chi connectivity index (χ2v) is 5.62. The van der Waals surface area contributed by atoms with Crippen LogP contribution in [0, 0.1) is 0 Å². The van der Waals surface area contributed by atoms with E-state index in [4.69, 9.17) is 0 Å². The molecule has 1 aromatic rings. The van der Waals surface area contributed by atoms with Crippen molar-refractivity contribution in [3.05, 3.63) is 35.9 Å². The number of carbonyl (C=O) groups excluding carboxylic acids is 1. The maximum absolute atomic E-state index is 11.9. The first-order chi connectivity index (χ1) is 9.59. The molecule has 0 radical (unpaired) electrons. The Morgan fingerprint density at radius 1 is 1.20 bits per heavy atom. The van der Waals surface area contributed by atoms with Crippen molar-refractivity contribution in [3.63, 3.8) is 0 Å². The molecule has 0 aromatic heterocycles. The van der Waals surface area contributed by atoms with E-state index in [1.54, 1.807) is 0 Å². The second kappa shape index (κ2) is 9.54. The average molecular weight is 276 g/mol. The maximum atomic E-state index is 11.9. The Kier molecular flexibility index (Phi) is 7.97. The number of unbranched alkanes of at least 4 members (excludes halogenated alkanes) is 1. The van der Waals surface area contributed by atoms with Gasteiger partial charge in [0.15, 0.2) is 0 Å². The van der Waals surface area contributed by atoms with Gasteiger partial charge >= 0.3 is 0 Å². The molecule has 0 spiro atoms. The summed E-state index contributed by atoms with van der Waals surface area (Å²) in [6, 6.07) is 11.0. The molecule has 0 heterocycles. The van der Waals surface area contributed by atoms with Crippen molar-refractivity contribution in [2.24, 2.45) is 0 Å². The normalized spacial score (nSPS) is 10.8. The van der Waals surface area contributed by atoms with E-state index in [0.29, 0.717) is 12.5 Å². The molecule has 0 bridgehead atoms. The van der Waals surface area contributed by atoms with Gasteiger partial charge in [-0.05, 0) is 24.8 Å². The molecule has 0 unspecified atom stereocenters. The number of nitrogens with one attached hydrogen (secondary N) is 1. The van der Waals surface area contributed by atoms with E-state index in [1.165, 1.54) is 5.56 Å². The Labute approximate surface area is 123 Å². The van der Waals surface area contributed by atoms with Gasteiger partial charge in [-0.15, -0.1) is 0 Å². The zero-order chi connectivity index (χ0) is 14.8. The van der Waals surface area contributed by atoms with Crippen LogP contribution in [0.5, 0.6) is 0 Å². The maximum Gasteiger partial charge on any atom is 0.223 e. The van der Waals surface area contributed by atoms with Crippen molar-refractivity contribution in [2.45, 2.75) is 45.6 Å². The van der Waals surface area contributed by atoms with Crippen LogP contribution >= 0.6 is 0 Å². The van der Waals surface area contributed by atoms with Gasteiger partial charge in [0.25, 0.3) is 0 Å². The summed E-state index contributed by atoms with van der Waals surface area (Å²) in [7, 11) is 1.90. The SMILES string of the molecule is CC(C)NCCC(=O)N(C)CCCCc1ccccc1. The van der Waals surface area contributed by atoms with E-state index >= 15 is 0 Å². The molecule has 20 heavy (non-hydrogen) atoms. The molecule has 112 valence electrons. The van der Waals surface area contributed by atoms with E-state index < -0.39 is 0 Å². The van der Waals surface area contributed by atoms with Gasteiger partial charge in [-0.3, -0.25) is 4.79 Å². The molecule has 3 nitrogen and oxygen atoms in total. The molecule has 0 aliphatic carbocycles. The minimum atomic E-state index is 0.234. The van der Waals surface area contributed by atoms with Gasteiger partial charge in [-0.1, -0.05) is 44.2 Å². The Balaban J connectivity index is 2.10. The average Bonchev–Trinajstić information content (AvgIpc) is 2.44. The van der Waals surface area contributed by atoms with Crippen LogP contribution in [-0.4, -0.2) is 37.0 Å². The van der Waals surface area contributed by atoms with Crippen LogP contribution in [0.25, 0.3) is 0 Å². The highest BCUT2D eigenvalue weighted by molar-refractivity contribution is 5.76. The van der Waals surface area contributed by atoms with E-state index in [2.05, 4.69) is 43.4 Å². The van der Waals surface area contributed by atoms with E-state index in [0.717, 1.165) is 32.4 Å². The Morgan fingerprint density at radius 2 is 1.90 bits per heavy atom. The molecule has 1 aromatic carbocycles. The van der Waals surface area contributed by atoms with E-state index in [-0.39, 0.29) is 5.91 Å². The minimum absolute atomic E-state index is 0.234. The number of hydrogen-bond donors (Lipinski definition) is 1. The quantitative estimate of drug-likeness (QED) is 0.703. The lowest BCUT2D eigenvalue weighted by molar-refractivity contribution is -0.129. The summed E-state index contributed by atoms with van der Waals surface area (Å²) < 4.78 is 0. The Hall–Kier alpha value is -1.35. The van der Waals surface area contributed by atoms with Crippen molar-refractivity contribution in [2.75, 3.05) is 20.1 Å². The molecular weight excluding hydrogens is 248 g/mol. The molecule has 1 N–H and O–H groups in total. The van der Waals surface area contributed by atoms with Crippen molar-refractivity contribution in [1.82, 2.24) is 10.2 Å². The third kappa shape index (κ3) is 7.29. The second-order valence-electron chi connectivity index (χ2n) is 5.62. The van der Waals surface area contributed by atoms with Crippen LogP contribution in [0.4, 0.5) is 0 Å². The highest BCUT2D eigenvalue weighted by Crippen LogP contribution is 2.05. The summed E-state index contributed by atoms with van der Waals surface area (Å²) >= 11 is 0. The number of benzene rings is 1. The van der Waals surface area contributed by atoms with Gasteiger partial charge in [0.2, 0.25) is 5.91 Å². The first kappa shape index (κ1) is 16.7. The number of carbonyl (C=O) groups is 1. The molecular formula is C17H28N2O. The van der Waals surface area contributed by atoms with Crippen molar-refractivity contribution in [1.29, 1.82) is 0 Å². The monoisotopic (exact) mass is 276 g/mol. The fraction of sp³-hybridized carbons (Fsp3) is 0.588. The number of hydrogen-bond acceptors (Lipinski definition) is 2. The largest absolute Gasteiger partial charge is 0.346 e. The lowest BCUT2D eigenvalue weighted by Gasteiger charge is -2.17. The van der Waals surface area contributed by atoms with E-state index in [1.807, 2.05) is 18.0 Å². The molecule has 0 aliphatic heterocycles. The predicted octanol–water partition coefficient (Wildman–Crippen LogP) is 2.86. The van der Waals surface area contributed by atoms with Gasteiger partial charge in [0.1, 0.15) is 0 Å². The summed E-state index contributed by atoms with van der Waals surface area (Å²) in [6.07, 6.45) is 3.88. The summed E-state index contributed by atoms with van der Waals surface area (Å²) in [5, 5.41) is 3.27. The van der Waals surface area contributed by atoms with Gasteiger partial charge in [-0.2, -0.15) is 0 Å². The van der Waals surface area contributed by atoms with Gasteiger partial charge in [0.05, 0.1) is 0 Å². The Bertz CT molecular complexity index is 376. The fourth-order valence-electron chi connectivity index (χ4n) is 2.11. The van der Waals surface area contributed by atoms with Crippen LogP contribution in [0.1, 0.15) is 38.7 Å². The standard InChI is InChI=1S/C17H28N2O/c1-15(2)18-13-12-17(20)19(3)14-8-7-11-16-9-5-4-6-10-16/h4-6,9-10,15,18H,7-8,11-14H2,1-3H3. The van der Waals surface area contributed by atoms with Crippen LogP contribution in [0.2, 0.25) is 0 Å². The van der Waals surface area contributed by atoms with Crippen molar-refractivity contribution < 1.29 is 4.79 Å². The molecule has 3 heteroatoms. The molecule has 1 amide bonds. The van der Waals surface area contributed by atoms with Crippen LogP contribution in [0.15, 0.2) is 30.3 Å². The first-order valence-corrected chi connectivity index (χ1v) is 7.61. The fourth-order valence-corrected chi connectivity index (χ4v) is 2.11. The molecule has 0 atom stereocenters. The van der Waals surface area contributed by atoms with Crippen LogP contribution < -0.4 is 5.32 Å². The predicted molar refractivity (Wildman–Crippen MR) is 84.8 cm³/mol. The molecule has 0 aliphatic rings. The number of amides is 1. The molecule has 0 saturated carbocycles. The van der Waals surface area contributed by atoms with Crippen molar-refractivity contribution >= 4 is 5.91 Å². The van der Waals surface area contributed by atoms with Crippen LogP contribution in [-0.2, 0) is 11.2 Å². The first-order valence-electron chi connectivity index (χ1n) is 7.61. The zero-order valence-corrected chi connectivity index (χ0v) is 13.1. The van der Waals surface area contributed by atoms with Crippen LogP contribution in [0.3, 0.4) is 0 Å². The summed E-state index contributed by atoms with van der Waals surface area (Å²) in [5.74, 6) is 0.234.